The first-order valence-electron chi connectivity index (χ1n) is 12.7. The second-order valence-electron chi connectivity index (χ2n) is 9.95. The van der Waals surface area contributed by atoms with Crippen molar-refractivity contribution in [3.8, 4) is 5.75 Å². The van der Waals surface area contributed by atoms with Gasteiger partial charge in [0.05, 0.1) is 18.3 Å². The average molecular weight is 501 g/mol. The molecule has 3 N–H and O–H groups in total. The number of para-hydroxylation sites is 1. The number of aromatic hydroxyl groups is 1. The van der Waals surface area contributed by atoms with Crippen molar-refractivity contribution in [2.24, 2.45) is 0 Å². The fourth-order valence-corrected chi connectivity index (χ4v) is 5.43. The number of anilines is 5. The van der Waals surface area contributed by atoms with E-state index in [-0.39, 0.29) is 17.8 Å². The number of urea groups is 1. The van der Waals surface area contributed by atoms with Crippen molar-refractivity contribution in [3.05, 3.63) is 59.8 Å². The number of hydrogen-bond donors (Lipinski definition) is 3. The first kappa shape index (κ1) is 23.4. The largest absolute Gasteiger partial charge is 0.506 e. The highest BCUT2D eigenvalue weighted by molar-refractivity contribution is 5.94. The molecule has 0 bridgehead atoms. The Labute approximate surface area is 216 Å². The summed E-state index contributed by atoms with van der Waals surface area (Å²) in [4.78, 5) is 30.8. The molecule has 10 heteroatoms. The van der Waals surface area contributed by atoms with Crippen LogP contribution in [-0.2, 0) is 6.54 Å². The van der Waals surface area contributed by atoms with Crippen LogP contribution in [0.3, 0.4) is 0 Å². The Bertz CT molecular complexity index is 1310. The summed E-state index contributed by atoms with van der Waals surface area (Å²) in [6.45, 7) is 5.29. The van der Waals surface area contributed by atoms with Crippen LogP contribution >= 0.6 is 0 Å². The van der Waals surface area contributed by atoms with Crippen molar-refractivity contribution in [2.75, 3.05) is 67.3 Å². The van der Waals surface area contributed by atoms with Crippen LogP contribution in [0.25, 0.3) is 0 Å². The molecule has 1 aromatic heterocycles. The Hall–Kier alpha value is -4.05. The lowest BCUT2D eigenvalue weighted by Gasteiger charge is -2.41. The van der Waals surface area contributed by atoms with E-state index in [1.807, 2.05) is 29.2 Å². The first-order chi connectivity index (χ1) is 18.0. The van der Waals surface area contributed by atoms with E-state index in [9.17, 15) is 9.90 Å². The maximum Gasteiger partial charge on any atom is 0.326 e. The second kappa shape index (κ2) is 9.44. The minimum absolute atomic E-state index is 0.116. The minimum atomic E-state index is -0.136. The van der Waals surface area contributed by atoms with E-state index in [4.69, 9.17) is 0 Å². The number of hydrogen-bond acceptors (Lipinski definition) is 8. The quantitative estimate of drug-likeness (QED) is 0.468. The molecular weight excluding hydrogens is 468 g/mol. The lowest BCUT2D eigenvalue weighted by atomic mass is 9.95. The Morgan fingerprint density at radius 2 is 1.84 bits per heavy atom. The van der Waals surface area contributed by atoms with E-state index in [1.54, 1.807) is 24.2 Å². The third-order valence-electron chi connectivity index (χ3n) is 7.55. The highest BCUT2D eigenvalue weighted by Gasteiger charge is 2.37. The molecule has 0 saturated carbocycles. The Morgan fingerprint density at radius 3 is 2.62 bits per heavy atom. The monoisotopic (exact) mass is 500 g/mol. The van der Waals surface area contributed by atoms with Crippen LogP contribution in [0, 0.1) is 0 Å². The van der Waals surface area contributed by atoms with Gasteiger partial charge in [-0.3, -0.25) is 4.90 Å². The Balaban J connectivity index is 1.19. The van der Waals surface area contributed by atoms with Crippen molar-refractivity contribution >= 4 is 34.9 Å². The maximum atomic E-state index is 13.4. The van der Waals surface area contributed by atoms with Crippen LogP contribution in [0.5, 0.6) is 5.75 Å². The molecular formula is C27H32N8O2. The maximum absolute atomic E-state index is 13.4. The fraction of sp³-hybridized carbons (Fsp3) is 0.370. The number of benzene rings is 2. The van der Waals surface area contributed by atoms with Gasteiger partial charge in [0, 0.05) is 68.5 Å². The lowest BCUT2D eigenvalue weighted by molar-refractivity contribution is 0.169. The van der Waals surface area contributed by atoms with Crippen molar-refractivity contribution in [1.29, 1.82) is 0 Å². The van der Waals surface area contributed by atoms with Crippen molar-refractivity contribution in [1.82, 2.24) is 19.8 Å². The molecule has 3 aromatic rings. The molecule has 1 saturated heterocycles. The van der Waals surface area contributed by atoms with Crippen LogP contribution in [0.1, 0.15) is 23.6 Å². The van der Waals surface area contributed by atoms with Gasteiger partial charge in [-0.2, -0.15) is 4.98 Å². The first-order valence-corrected chi connectivity index (χ1v) is 12.7. The van der Waals surface area contributed by atoms with Crippen molar-refractivity contribution in [3.63, 3.8) is 0 Å². The van der Waals surface area contributed by atoms with Crippen LogP contribution in [0.4, 0.5) is 33.6 Å². The van der Waals surface area contributed by atoms with Gasteiger partial charge in [-0.05, 0) is 43.8 Å². The second-order valence-corrected chi connectivity index (χ2v) is 9.95. The fourth-order valence-electron chi connectivity index (χ4n) is 5.43. The summed E-state index contributed by atoms with van der Waals surface area (Å²) in [6.07, 6.45) is 2.56. The van der Waals surface area contributed by atoms with Crippen LogP contribution in [-0.4, -0.2) is 77.7 Å². The number of rotatable bonds is 4. The van der Waals surface area contributed by atoms with Gasteiger partial charge in [-0.1, -0.05) is 12.1 Å². The van der Waals surface area contributed by atoms with Gasteiger partial charge in [-0.25, -0.2) is 9.78 Å². The standard InChI is InChI=1S/C27H32N8O2/c1-32-12-14-34(15-13-32)20-8-6-19(7-9-20)30-26-29-16-18-17-35(27(37)33(2)25(18)31-26)22-10-11-28-24-21(22)4-3-5-23(24)36/h3-9,16,22,28,36H,10-15,17H2,1-2H3,(H,29,30,31). The van der Waals surface area contributed by atoms with E-state index in [2.05, 4.69) is 49.6 Å². The molecule has 1 unspecified atom stereocenters. The van der Waals surface area contributed by atoms with Gasteiger partial charge in [0.1, 0.15) is 11.6 Å². The summed E-state index contributed by atoms with van der Waals surface area (Å²) in [7, 11) is 3.91. The normalized spacial score (nSPS) is 19.8. The SMILES string of the molecule is CN1CCN(c2ccc(Nc3ncc4c(n3)N(C)C(=O)N(C3CCNc5c(O)cccc53)C4)cc2)CC1. The Kier molecular flexibility index (Phi) is 5.96. The third kappa shape index (κ3) is 4.37. The average Bonchev–Trinajstić information content (AvgIpc) is 2.92. The zero-order chi connectivity index (χ0) is 25.5. The van der Waals surface area contributed by atoms with Crippen molar-refractivity contribution < 1.29 is 9.90 Å². The number of phenolic OH excluding ortho intramolecular Hbond substituents is 1. The summed E-state index contributed by atoms with van der Waals surface area (Å²) in [5.41, 5.74) is 4.63. The molecule has 10 nitrogen and oxygen atoms in total. The highest BCUT2D eigenvalue weighted by atomic mass is 16.3. The van der Waals surface area contributed by atoms with E-state index in [0.29, 0.717) is 30.5 Å². The van der Waals surface area contributed by atoms with Gasteiger partial charge in [-0.15, -0.1) is 0 Å². The molecule has 3 aliphatic rings. The summed E-state index contributed by atoms with van der Waals surface area (Å²) in [5, 5.41) is 16.8. The van der Waals surface area contributed by atoms with Gasteiger partial charge in [0.2, 0.25) is 5.95 Å². The topological polar surface area (TPSA) is 100 Å². The Morgan fingerprint density at radius 1 is 1.05 bits per heavy atom. The molecule has 6 rings (SSSR count). The predicted molar refractivity (Wildman–Crippen MR) is 145 cm³/mol. The van der Waals surface area contributed by atoms with Crippen LogP contribution in [0.2, 0.25) is 0 Å². The molecule has 1 atom stereocenters. The number of carbonyl (C=O) groups excluding carboxylic acids is 1. The van der Waals surface area contributed by atoms with Gasteiger partial charge in [0.15, 0.2) is 0 Å². The third-order valence-corrected chi connectivity index (χ3v) is 7.55. The number of carbonyl (C=O) groups is 1. The zero-order valence-corrected chi connectivity index (χ0v) is 21.2. The molecule has 0 spiro atoms. The molecule has 2 aromatic carbocycles. The van der Waals surface area contributed by atoms with E-state index >= 15 is 0 Å². The molecule has 4 heterocycles. The number of nitrogens with zero attached hydrogens (tertiary/aromatic N) is 6. The molecule has 0 aliphatic carbocycles. The van der Waals surface area contributed by atoms with Crippen LogP contribution < -0.4 is 20.4 Å². The van der Waals surface area contributed by atoms with E-state index in [1.165, 1.54) is 5.69 Å². The summed E-state index contributed by atoms with van der Waals surface area (Å²) >= 11 is 0. The minimum Gasteiger partial charge on any atom is -0.506 e. The smallest absolute Gasteiger partial charge is 0.326 e. The van der Waals surface area contributed by atoms with Gasteiger partial charge < -0.3 is 30.4 Å². The van der Waals surface area contributed by atoms with Crippen molar-refractivity contribution in [2.45, 2.75) is 19.0 Å². The summed E-state index contributed by atoms with van der Waals surface area (Å²) in [6, 6.07) is 13.5. The van der Waals surface area contributed by atoms with Gasteiger partial charge >= 0.3 is 6.03 Å². The number of fused-ring (bicyclic) bond motifs is 2. The highest BCUT2D eigenvalue weighted by Crippen LogP contribution is 2.42. The molecule has 3 aliphatic heterocycles. The molecule has 1 fully saturated rings. The number of nitrogens with one attached hydrogen (secondary N) is 2. The summed E-state index contributed by atoms with van der Waals surface area (Å²) in [5.74, 6) is 1.27. The van der Waals surface area contributed by atoms with E-state index < -0.39 is 0 Å². The number of aromatic nitrogens is 2. The molecule has 37 heavy (non-hydrogen) atoms. The zero-order valence-electron chi connectivity index (χ0n) is 21.2. The predicted octanol–water partition coefficient (Wildman–Crippen LogP) is 3.61. The molecule has 2 amide bonds. The molecule has 192 valence electrons. The van der Waals surface area contributed by atoms with E-state index in [0.717, 1.165) is 49.4 Å². The molecule has 0 radical (unpaired) electrons. The number of amides is 2. The van der Waals surface area contributed by atoms with Crippen LogP contribution in [0.15, 0.2) is 48.7 Å². The van der Waals surface area contributed by atoms with Gasteiger partial charge in [0.25, 0.3) is 0 Å². The number of piperazine rings is 1. The number of likely N-dealkylation sites (N-methyl/N-ethyl adjacent to an activating group) is 1. The number of phenols is 1. The lowest BCUT2D eigenvalue weighted by Crippen LogP contribution is -2.48. The summed E-state index contributed by atoms with van der Waals surface area (Å²) < 4.78 is 0.